The topological polar surface area (TPSA) is 74.0 Å². The van der Waals surface area contributed by atoms with Gasteiger partial charge in [0.1, 0.15) is 6.33 Å². The Balaban J connectivity index is 1.73. The van der Waals surface area contributed by atoms with Gasteiger partial charge in [-0.15, -0.1) is 10.2 Å². The lowest BCUT2D eigenvalue weighted by atomic mass is 10.2. The maximum Gasteiger partial charge on any atom is 0.171 e. The Morgan fingerprint density at radius 1 is 1.08 bits per heavy atom. The van der Waals surface area contributed by atoms with Gasteiger partial charge in [0.25, 0.3) is 0 Å². The van der Waals surface area contributed by atoms with Crippen LogP contribution in [0.1, 0.15) is 19.7 Å². The smallest absolute Gasteiger partial charge is 0.171 e. The van der Waals surface area contributed by atoms with Crippen LogP contribution in [0.15, 0.2) is 18.5 Å². The van der Waals surface area contributed by atoms with E-state index in [0.29, 0.717) is 18.0 Å². The van der Waals surface area contributed by atoms with Crippen molar-refractivity contribution in [2.45, 2.75) is 32.6 Å². The second-order valence-electron chi connectivity index (χ2n) is 6.73. The van der Waals surface area contributed by atoms with Gasteiger partial charge in [0.2, 0.25) is 0 Å². The van der Waals surface area contributed by atoms with Crippen LogP contribution in [0.25, 0.3) is 16.6 Å². The van der Waals surface area contributed by atoms with Crippen molar-refractivity contribution in [1.82, 2.24) is 24.5 Å². The first-order valence-electron chi connectivity index (χ1n) is 8.71. The summed E-state index contributed by atoms with van der Waals surface area (Å²) in [6.07, 6.45) is 2.20. The highest BCUT2D eigenvalue weighted by atomic mass is 16.5. The highest BCUT2D eigenvalue weighted by Gasteiger charge is 2.24. The molecule has 4 rings (SSSR count). The molecule has 0 radical (unpaired) electrons. The summed E-state index contributed by atoms with van der Waals surface area (Å²) in [5.41, 5.74) is 1.56. The number of fused-ring (bicyclic) bond motifs is 3. The van der Waals surface area contributed by atoms with Crippen molar-refractivity contribution >= 4 is 16.6 Å². The summed E-state index contributed by atoms with van der Waals surface area (Å²) in [5, 5.41) is 9.69. The summed E-state index contributed by atoms with van der Waals surface area (Å²) in [6.45, 7) is 6.66. The van der Waals surface area contributed by atoms with E-state index in [1.807, 2.05) is 16.5 Å². The van der Waals surface area contributed by atoms with E-state index in [-0.39, 0.29) is 12.2 Å². The number of hydrogen-bond donors (Lipinski definition) is 0. The Morgan fingerprint density at radius 2 is 1.77 bits per heavy atom. The lowest BCUT2D eigenvalue weighted by molar-refractivity contribution is -0.0711. The predicted octanol–water partition coefficient (Wildman–Crippen LogP) is 1.90. The van der Waals surface area contributed by atoms with Gasteiger partial charge in [0.05, 0.1) is 38.5 Å². The Labute approximate surface area is 151 Å². The van der Waals surface area contributed by atoms with Gasteiger partial charge < -0.3 is 14.2 Å². The van der Waals surface area contributed by atoms with Crippen molar-refractivity contribution in [3.8, 4) is 11.5 Å². The minimum Gasteiger partial charge on any atom is -0.493 e. The summed E-state index contributed by atoms with van der Waals surface area (Å²) in [6, 6.07) is 3.75. The van der Waals surface area contributed by atoms with Gasteiger partial charge >= 0.3 is 0 Å². The lowest BCUT2D eigenvalue weighted by Gasteiger charge is -2.34. The highest BCUT2D eigenvalue weighted by Crippen LogP contribution is 2.32. The molecule has 3 heterocycles. The third kappa shape index (κ3) is 2.95. The van der Waals surface area contributed by atoms with Crippen molar-refractivity contribution < 1.29 is 14.2 Å². The number of ether oxygens (including phenoxy) is 3. The third-order valence-electron chi connectivity index (χ3n) is 4.68. The molecule has 0 bridgehead atoms. The Kier molecular flexibility index (Phi) is 4.37. The maximum absolute atomic E-state index is 5.81. The van der Waals surface area contributed by atoms with Gasteiger partial charge in [0, 0.05) is 24.5 Å². The molecule has 0 amide bonds. The molecule has 0 N–H and O–H groups in total. The molecule has 1 aromatic carbocycles. The van der Waals surface area contributed by atoms with Crippen LogP contribution in [0.2, 0.25) is 0 Å². The van der Waals surface area contributed by atoms with Crippen LogP contribution in [0.4, 0.5) is 0 Å². The van der Waals surface area contributed by atoms with E-state index >= 15 is 0 Å². The van der Waals surface area contributed by atoms with Crippen LogP contribution in [-0.2, 0) is 11.3 Å². The molecule has 1 fully saturated rings. The van der Waals surface area contributed by atoms with E-state index in [1.54, 1.807) is 20.5 Å². The molecular formula is C18H23N5O3. The van der Waals surface area contributed by atoms with E-state index in [2.05, 4.69) is 33.9 Å². The molecule has 1 saturated heterocycles. The first-order valence-corrected chi connectivity index (χ1v) is 8.71. The first kappa shape index (κ1) is 17.0. The monoisotopic (exact) mass is 357 g/mol. The molecule has 2 aromatic heterocycles. The molecule has 0 saturated carbocycles. The second-order valence-corrected chi connectivity index (χ2v) is 6.73. The van der Waals surface area contributed by atoms with Crippen molar-refractivity contribution in [3.63, 3.8) is 0 Å². The fraction of sp³-hybridized carbons (Fsp3) is 0.500. The van der Waals surface area contributed by atoms with Crippen LogP contribution in [-0.4, -0.2) is 64.0 Å². The molecule has 0 spiro atoms. The van der Waals surface area contributed by atoms with Crippen molar-refractivity contribution in [2.24, 2.45) is 0 Å². The molecule has 1 aliphatic rings. The molecule has 2 atom stereocenters. The molecule has 2 unspecified atom stereocenters. The summed E-state index contributed by atoms with van der Waals surface area (Å²) in [4.78, 5) is 6.89. The first-order chi connectivity index (χ1) is 12.6. The number of rotatable bonds is 4. The summed E-state index contributed by atoms with van der Waals surface area (Å²) in [5.74, 6) is 2.16. The minimum absolute atomic E-state index is 0.216. The molecule has 3 aromatic rings. The zero-order valence-electron chi connectivity index (χ0n) is 15.5. The Morgan fingerprint density at radius 3 is 2.46 bits per heavy atom. The molecule has 0 aliphatic carbocycles. The van der Waals surface area contributed by atoms with Gasteiger partial charge in [-0.05, 0) is 19.9 Å². The van der Waals surface area contributed by atoms with Crippen molar-refractivity contribution in [1.29, 1.82) is 0 Å². The Bertz CT molecular complexity index is 931. The average Bonchev–Trinajstić information content (AvgIpc) is 3.02. The molecule has 1 aliphatic heterocycles. The van der Waals surface area contributed by atoms with E-state index in [0.717, 1.165) is 35.5 Å². The Hall–Kier alpha value is -2.45. The normalized spacial score (nSPS) is 21.4. The van der Waals surface area contributed by atoms with E-state index < -0.39 is 0 Å². The van der Waals surface area contributed by atoms with Crippen LogP contribution in [0.5, 0.6) is 11.5 Å². The maximum atomic E-state index is 5.81. The quantitative estimate of drug-likeness (QED) is 0.706. The molecular weight excluding hydrogens is 334 g/mol. The van der Waals surface area contributed by atoms with Crippen LogP contribution in [0.3, 0.4) is 0 Å². The summed E-state index contributed by atoms with van der Waals surface area (Å²) >= 11 is 0. The zero-order chi connectivity index (χ0) is 18.3. The van der Waals surface area contributed by atoms with Gasteiger partial charge in [-0.1, -0.05) is 0 Å². The number of aromatic nitrogens is 4. The lowest BCUT2D eigenvalue weighted by Crippen LogP contribution is -2.45. The van der Waals surface area contributed by atoms with Gasteiger partial charge in [-0.25, -0.2) is 4.98 Å². The number of benzene rings is 1. The van der Waals surface area contributed by atoms with Crippen molar-refractivity contribution in [2.75, 3.05) is 27.3 Å². The molecule has 26 heavy (non-hydrogen) atoms. The molecule has 138 valence electrons. The minimum atomic E-state index is 0.216. The van der Waals surface area contributed by atoms with Crippen LogP contribution < -0.4 is 9.47 Å². The van der Waals surface area contributed by atoms with E-state index in [9.17, 15) is 0 Å². The van der Waals surface area contributed by atoms with Crippen molar-refractivity contribution in [3.05, 3.63) is 24.3 Å². The fourth-order valence-electron chi connectivity index (χ4n) is 3.62. The number of methoxy groups -OCH3 is 2. The summed E-state index contributed by atoms with van der Waals surface area (Å²) in [7, 11) is 3.23. The van der Waals surface area contributed by atoms with E-state index in [1.165, 1.54) is 0 Å². The standard InChI is InChI=1S/C18H23N5O3/c1-11-7-22(8-12(2)26-11)9-17-20-21-18-13-5-15(24-3)16(25-4)6-14(13)19-10-23(17)18/h5-6,10-12H,7-9H2,1-4H3. The fourth-order valence-corrected chi connectivity index (χ4v) is 3.62. The molecule has 8 heteroatoms. The third-order valence-corrected chi connectivity index (χ3v) is 4.68. The predicted molar refractivity (Wildman–Crippen MR) is 96.7 cm³/mol. The van der Waals surface area contributed by atoms with Gasteiger partial charge in [-0.2, -0.15) is 0 Å². The highest BCUT2D eigenvalue weighted by molar-refractivity contribution is 5.93. The van der Waals surface area contributed by atoms with Gasteiger partial charge in [0.15, 0.2) is 23.0 Å². The number of nitrogens with zero attached hydrogens (tertiary/aromatic N) is 5. The van der Waals surface area contributed by atoms with Gasteiger partial charge in [-0.3, -0.25) is 9.30 Å². The average molecular weight is 357 g/mol. The second kappa shape index (κ2) is 6.69. The molecule has 8 nitrogen and oxygen atoms in total. The zero-order valence-corrected chi connectivity index (χ0v) is 15.5. The van der Waals surface area contributed by atoms with Crippen LogP contribution in [0, 0.1) is 0 Å². The van der Waals surface area contributed by atoms with Crippen LogP contribution >= 0.6 is 0 Å². The number of hydrogen-bond acceptors (Lipinski definition) is 7. The number of morpholine rings is 1. The SMILES string of the molecule is COc1cc2ncn3c(CN4CC(C)OC(C)C4)nnc3c2cc1OC. The summed E-state index contributed by atoms with van der Waals surface area (Å²) < 4.78 is 18.5. The van der Waals surface area contributed by atoms with E-state index in [4.69, 9.17) is 14.2 Å². The largest absolute Gasteiger partial charge is 0.493 e.